The van der Waals surface area contributed by atoms with Crippen LogP contribution in [0.5, 0.6) is 11.5 Å². The third-order valence-electron chi connectivity index (χ3n) is 11.8. The highest BCUT2D eigenvalue weighted by Gasteiger charge is 2.62. The quantitative estimate of drug-likeness (QED) is 0.0542. The van der Waals surface area contributed by atoms with Gasteiger partial charge in [-0.2, -0.15) is 0 Å². The predicted molar refractivity (Wildman–Crippen MR) is 233 cm³/mol. The Morgan fingerprint density at radius 1 is 0.911 bits per heavy atom. The normalized spacial score (nSPS) is 22.2. The topological polar surface area (TPSA) is 88.1 Å². The molecule has 1 saturated heterocycles. The molecule has 7 nitrogen and oxygen atoms in total. The lowest BCUT2D eigenvalue weighted by atomic mass is 9.66. The molecule has 0 N–H and O–H groups in total. The Labute approximate surface area is 344 Å². The summed E-state index contributed by atoms with van der Waals surface area (Å²) < 4.78 is 23.6. The maximum atomic E-state index is 15.7. The summed E-state index contributed by atoms with van der Waals surface area (Å²) in [4.78, 5) is 43.7. The van der Waals surface area contributed by atoms with Gasteiger partial charge in [0.15, 0.2) is 5.78 Å². The number of ether oxygens (including phenoxy) is 3. The first-order valence-electron chi connectivity index (χ1n) is 19.8. The summed E-state index contributed by atoms with van der Waals surface area (Å²) in [6.45, 7) is 15.6. The summed E-state index contributed by atoms with van der Waals surface area (Å²) in [7, 11) is -0.0617. The summed E-state index contributed by atoms with van der Waals surface area (Å²) in [5.74, 6) is 0.174. The van der Waals surface area contributed by atoms with Gasteiger partial charge in [-0.15, -0.1) is 30.1 Å². The molecule has 0 radical (unpaired) electrons. The van der Waals surface area contributed by atoms with Gasteiger partial charge < -0.3 is 18.6 Å². The first-order valence-corrected chi connectivity index (χ1v) is 23.7. The Morgan fingerprint density at radius 2 is 1.48 bits per heavy atom. The summed E-state index contributed by atoms with van der Waals surface area (Å²) in [5, 5.41) is 1.96. The molecule has 302 valence electrons. The van der Waals surface area contributed by atoms with Crippen LogP contribution in [0.25, 0.3) is 0 Å². The lowest BCUT2D eigenvalue weighted by molar-refractivity contribution is -0.152. The summed E-state index contributed by atoms with van der Waals surface area (Å²) >= 11 is 3.44. The van der Waals surface area contributed by atoms with Crippen molar-refractivity contribution in [3.8, 4) is 11.5 Å². The largest absolute Gasteiger partial charge is 0.497 e. The lowest BCUT2D eigenvalue weighted by Crippen LogP contribution is -2.67. The summed E-state index contributed by atoms with van der Waals surface area (Å²) in [6, 6.07) is 28.4. The van der Waals surface area contributed by atoms with Crippen molar-refractivity contribution in [2.75, 3.05) is 38.9 Å². The molecule has 56 heavy (non-hydrogen) atoms. The van der Waals surface area contributed by atoms with E-state index in [1.54, 1.807) is 30.6 Å². The smallest absolute Gasteiger partial charge is 0.316 e. The molecule has 0 spiro atoms. The molecule has 1 saturated carbocycles. The van der Waals surface area contributed by atoms with Crippen LogP contribution in [0.2, 0.25) is 5.04 Å². The van der Waals surface area contributed by atoms with E-state index in [2.05, 4.69) is 89.7 Å². The van der Waals surface area contributed by atoms with Crippen LogP contribution in [0.15, 0.2) is 97.6 Å². The van der Waals surface area contributed by atoms with Crippen LogP contribution < -0.4 is 19.8 Å². The number of esters is 1. The second-order valence-electron chi connectivity index (χ2n) is 16.5. The number of carbonyl (C=O) groups is 3. The van der Waals surface area contributed by atoms with Crippen molar-refractivity contribution in [1.82, 2.24) is 0 Å². The van der Waals surface area contributed by atoms with Gasteiger partial charge in [-0.1, -0.05) is 101 Å². The molecule has 1 heterocycles. The van der Waals surface area contributed by atoms with E-state index in [4.69, 9.17) is 18.6 Å². The first kappa shape index (κ1) is 43.8. The minimum absolute atomic E-state index is 0.0527. The fourth-order valence-electron chi connectivity index (χ4n) is 9.00. The molecule has 5 rings (SSSR count). The van der Waals surface area contributed by atoms with Gasteiger partial charge in [0.25, 0.3) is 8.32 Å². The standard InChI is InChI=1S/C46H60O7S2Si/c1-9-10-22-38(42(48)46(54-29-17-30-55-46)33(2)27-28-52-35-25-23-34(50-7)24-26-35)41-40(43(49)51-8)39(47)31-45(41,6)32-53-56(44(3,4)5,36-18-13-11-14-19-36)37-20-15-12-16-21-37/h9,11-16,18-21,23-26,33,38,40-41H,1,10,17,22,27-32H2,2-8H3/t33-,38-,40-,41+,45-/m1/s1. The van der Waals surface area contributed by atoms with E-state index in [0.29, 0.717) is 25.9 Å². The van der Waals surface area contributed by atoms with Gasteiger partial charge in [0.1, 0.15) is 27.3 Å². The van der Waals surface area contributed by atoms with Crippen molar-refractivity contribution < 1.29 is 33.0 Å². The molecule has 1 aliphatic carbocycles. The van der Waals surface area contributed by atoms with Gasteiger partial charge in [-0.05, 0) is 88.7 Å². The minimum Gasteiger partial charge on any atom is -0.497 e. The molecule has 2 fully saturated rings. The van der Waals surface area contributed by atoms with Crippen LogP contribution in [0.3, 0.4) is 0 Å². The SMILES string of the molecule is C=CCC[C@@H](C(=O)C1([C@H](C)CCOc2ccc(OC)cc2)SCCCS1)[C@H]1[C@H](C(=O)OC)C(=O)C[C@]1(C)CO[Si](c1ccccc1)(c1ccccc1)C(C)(C)C. The highest BCUT2D eigenvalue weighted by Crippen LogP contribution is 2.57. The molecule has 3 aromatic rings. The van der Waals surface area contributed by atoms with Crippen molar-refractivity contribution in [2.45, 2.75) is 75.8 Å². The Balaban J connectivity index is 1.55. The highest BCUT2D eigenvalue weighted by molar-refractivity contribution is 8.20. The van der Waals surface area contributed by atoms with Crippen molar-refractivity contribution in [3.05, 3.63) is 97.6 Å². The van der Waals surface area contributed by atoms with Gasteiger partial charge in [-0.25, -0.2) is 0 Å². The summed E-state index contributed by atoms with van der Waals surface area (Å²) in [6.07, 6.45) is 4.66. The van der Waals surface area contributed by atoms with Crippen LogP contribution in [0.4, 0.5) is 0 Å². The maximum Gasteiger partial charge on any atom is 0.316 e. The molecule has 5 atom stereocenters. The zero-order valence-corrected chi connectivity index (χ0v) is 36.8. The number of hydrogen-bond donors (Lipinski definition) is 0. The molecule has 0 unspecified atom stereocenters. The average molecular weight is 817 g/mol. The Hall–Kier alpha value is -3.31. The second-order valence-corrected chi connectivity index (χ2v) is 23.8. The van der Waals surface area contributed by atoms with E-state index in [9.17, 15) is 9.59 Å². The number of ketones is 2. The molecule has 0 aromatic heterocycles. The number of thioether (sulfide) groups is 2. The maximum absolute atomic E-state index is 15.7. The molecule has 2 aliphatic rings. The van der Waals surface area contributed by atoms with Crippen LogP contribution in [-0.2, 0) is 23.5 Å². The number of benzene rings is 3. The van der Waals surface area contributed by atoms with E-state index in [1.165, 1.54) is 7.11 Å². The Morgan fingerprint density at radius 3 is 2.00 bits per heavy atom. The van der Waals surface area contributed by atoms with Crippen molar-refractivity contribution >= 4 is 59.8 Å². The summed E-state index contributed by atoms with van der Waals surface area (Å²) in [5.41, 5.74) is -0.837. The number of Topliss-reactive ketones (excluding diaryl/α,β-unsaturated/α-hetero) is 2. The number of methoxy groups -OCH3 is 2. The highest BCUT2D eigenvalue weighted by atomic mass is 32.2. The lowest BCUT2D eigenvalue weighted by Gasteiger charge is -2.48. The van der Waals surface area contributed by atoms with E-state index < -0.39 is 41.5 Å². The van der Waals surface area contributed by atoms with Gasteiger partial charge in [-0.3, -0.25) is 14.4 Å². The Bertz CT molecular complexity index is 1730. The third-order valence-corrected chi connectivity index (χ3v) is 20.6. The van der Waals surface area contributed by atoms with Crippen LogP contribution >= 0.6 is 23.5 Å². The van der Waals surface area contributed by atoms with Gasteiger partial charge in [0.05, 0.1) is 20.8 Å². The van der Waals surface area contributed by atoms with E-state index >= 15 is 4.79 Å². The number of carbonyl (C=O) groups excluding carboxylic acids is 3. The van der Waals surface area contributed by atoms with E-state index in [-0.39, 0.29) is 35.6 Å². The van der Waals surface area contributed by atoms with Gasteiger partial charge in [0, 0.05) is 24.4 Å². The fourth-order valence-corrected chi connectivity index (χ4v) is 17.3. The molecule has 10 heteroatoms. The number of rotatable bonds is 18. The molecule has 1 aliphatic heterocycles. The van der Waals surface area contributed by atoms with E-state index in [1.807, 2.05) is 42.5 Å². The van der Waals surface area contributed by atoms with Crippen LogP contribution in [0.1, 0.15) is 66.7 Å². The van der Waals surface area contributed by atoms with Crippen molar-refractivity contribution in [3.63, 3.8) is 0 Å². The van der Waals surface area contributed by atoms with E-state index in [0.717, 1.165) is 39.8 Å². The first-order chi connectivity index (χ1) is 26.8. The molecule has 0 bridgehead atoms. The molecule has 3 aromatic carbocycles. The molecular formula is C46H60O7S2Si. The monoisotopic (exact) mass is 816 g/mol. The van der Waals surface area contributed by atoms with Gasteiger partial charge >= 0.3 is 5.97 Å². The Kier molecular flexibility index (Phi) is 14.8. The minimum atomic E-state index is -3.03. The molecular weight excluding hydrogens is 757 g/mol. The van der Waals surface area contributed by atoms with Crippen molar-refractivity contribution in [1.29, 1.82) is 0 Å². The van der Waals surface area contributed by atoms with Crippen LogP contribution in [-0.4, -0.2) is 68.9 Å². The fraction of sp³-hybridized carbons (Fsp3) is 0.500. The second kappa shape index (κ2) is 19.0. The predicted octanol–water partition coefficient (Wildman–Crippen LogP) is 8.78. The third kappa shape index (κ3) is 9.03. The number of hydrogen-bond acceptors (Lipinski definition) is 9. The van der Waals surface area contributed by atoms with Gasteiger partial charge in [0.2, 0.25) is 0 Å². The molecule has 0 amide bonds. The zero-order valence-electron chi connectivity index (χ0n) is 34.2. The van der Waals surface area contributed by atoms with Crippen molar-refractivity contribution in [2.24, 2.45) is 29.1 Å². The average Bonchev–Trinajstić information content (AvgIpc) is 3.47. The zero-order chi connectivity index (χ0) is 40.6. The number of allylic oxidation sites excluding steroid dienone is 1. The van der Waals surface area contributed by atoms with Crippen LogP contribution in [0, 0.1) is 29.1 Å².